The molecule has 20 heavy (non-hydrogen) atoms. The SMILES string of the molecule is C/C(=C\C=C(/C)N(CCCl)CCCCl)CCCC(=O)O. The number of carboxylic acids is 1. The van der Waals surface area contributed by atoms with Gasteiger partial charge in [0.15, 0.2) is 0 Å². The van der Waals surface area contributed by atoms with Gasteiger partial charge in [-0.15, -0.1) is 23.2 Å². The van der Waals surface area contributed by atoms with Crippen molar-refractivity contribution >= 4 is 29.2 Å². The van der Waals surface area contributed by atoms with Crippen LogP contribution in [0.5, 0.6) is 0 Å². The zero-order chi connectivity index (χ0) is 15.4. The van der Waals surface area contributed by atoms with Gasteiger partial charge in [0.05, 0.1) is 0 Å². The topological polar surface area (TPSA) is 40.5 Å². The van der Waals surface area contributed by atoms with Crippen LogP contribution in [0.3, 0.4) is 0 Å². The van der Waals surface area contributed by atoms with Crippen LogP contribution in [0.15, 0.2) is 23.4 Å². The molecule has 0 aliphatic heterocycles. The van der Waals surface area contributed by atoms with Gasteiger partial charge in [-0.25, -0.2) is 0 Å². The van der Waals surface area contributed by atoms with E-state index in [9.17, 15) is 4.79 Å². The largest absolute Gasteiger partial charge is 0.481 e. The minimum Gasteiger partial charge on any atom is -0.481 e. The van der Waals surface area contributed by atoms with Crippen molar-refractivity contribution in [3.05, 3.63) is 23.4 Å². The van der Waals surface area contributed by atoms with Crippen molar-refractivity contribution in [2.24, 2.45) is 0 Å². The Bertz CT molecular complexity index is 341. The summed E-state index contributed by atoms with van der Waals surface area (Å²) in [6, 6.07) is 0. The summed E-state index contributed by atoms with van der Waals surface area (Å²) in [5.41, 5.74) is 2.35. The molecule has 0 fully saturated rings. The molecule has 0 bridgehead atoms. The van der Waals surface area contributed by atoms with E-state index in [-0.39, 0.29) is 6.42 Å². The Morgan fingerprint density at radius 3 is 2.30 bits per heavy atom. The van der Waals surface area contributed by atoms with Gasteiger partial charge in [0, 0.05) is 37.0 Å². The molecule has 116 valence electrons. The van der Waals surface area contributed by atoms with Crippen molar-refractivity contribution < 1.29 is 9.90 Å². The van der Waals surface area contributed by atoms with Gasteiger partial charge in [0.2, 0.25) is 0 Å². The highest BCUT2D eigenvalue weighted by atomic mass is 35.5. The van der Waals surface area contributed by atoms with E-state index in [0.717, 1.165) is 31.6 Å². The van der Waals surface area contributed by atoms with Crippen molar-refractivity contribution in [1.29, 1.82) is 0 Å². The van der Waals surface area contributed by atoms with Crippen LogP contribution in [0.4, 0.5) is 0 Å². The van der Waals surface area contributed by atoms with Gasteiger partial charge in [0.1, 0.15) is 0 Å². The number of carbonyl (C=O) groups is 1. The predicted molar refractivity (Wildman–Crippen MR) is 86.6 cm³/mol. The maximum atomic E-state index is 10.4. The summed E-state index contributed by atoms with van der Waals surface area (Å²) >= 11 is 11.5. The van der Waals surface area contributed by atoms with E-state index in [2.05, 4.69) is 24.0 Å². The molecule has 0 aliphatic carbocycles. The molecular formula is C15H25Cl2NO2. The van der Waals surface area contributed by atoms with Crippen LogP contribution in [0, 0.1) is 0 Å². The number of halogens is 2. The van der Waals surface area contributed by atoms with Crippen LogP contribution >= 0.6 is 23.2 Å². The molecule has 0 spiro atoms. The number of hydrogen-bond acceptors (Lipinski definition) is 2. The lowest BCUT2D eigenvalue weighted by atomic mass is 10.1. The second-order valence-corrected chi connectivity index (χ2v) is 5.54. The quantitative estimate of drug-likeness (QED) is 0.456. The highest BCUT2D eigenvalue weighted by Crippen LogP contribution is 2.10. The van der Waals surface area contributed by atoms with Crippen LogP contribution < -0.4 is 0 Å². The lowest BCUT2D eigenvalue weighted by Gasteiger charge is -2.24. The summed E-state index contributed by atoms with van der Waals surface area (Å²) in [5.74, 6) is 0.504. The molecule has 0 atom stereocenters. The molecule has 5 heteroatoms. The highest BCUT2D eigenvalue weighted by Gasteiger charge is 2.03. The zero-order valence-corrected chi connectivity index (χ0v) is 13.9. The normalized spacial score (nSPS) is 12.6. The summed E-state index contributed by atoms with van der Waals surface area (Å²) in [5, 5.41) is 8.60. The summed E-state index contributed by atoms with van der Waals surface area (Å²) in [6.45, 7) is 5.80. The second kappa shape index (κ2) is 12.1. The maximum absolute atomic E-state index is 10.4. The summed E-state index contributed by atoms with van der Waals surface area (Å²) < 4.78 is 0. The Morgan fingerprint density at radius 2 is 1.75 bits per heavy atom. The van der Waals surface area contributed by atoms with E-state index >= 15 is 0 Å². The van der Waals surface area contributed by atoms with E-state index in [1.165, 1.54) is 5.57 Å². The van der Waals surface area contributed by atoms with Crippen molar-refractivity contribution in [2.75, 3.05) is 24.8 Å². The molecule has 0 rings (SSSR count). The Labute approximate surface area is 132 Å². The van der Waals surface area contributed by atoms with Crippen LogP contribution in [0.2, 0.25) is 0 Å². The van der Waals surface area contributed by atoms with Crippen molar-refractivity contribution in [2.45, 2.75) is 39.5 Å². The molecule has 0 aromatic carbocycles. The summed E-state index contributed by atoms with van der Waals surface area (Å²) in [7, 11) is 0. The predicted octanol–water partition coefficient (Wildman–Crippen LogP) is 4.26. The molecule has 0 amide bonds. The summed E-state index contributed by atoms with van der Waals surface area (Å²) in [6.07, 6.45) is 6.78. The summed E-state index contributed by atoms with van der Waals surface area (Å²) in [4.78, 5) is 12.7. The molecular weight excluding hydrogens is 297 g/mol. The third kappa shape index (κ3) is 10.2. The third-order valence-corrected chi connectivity index (χ3v) is 3.42. The fourth-order valence-corrected chi connectivity index (χ4v) is 2.11. The first-order valence-corrected chi connectivity index (χ1v) is 8.01. The Hall–Kier alpha value is -0.670. The molecule has 1 N–H and O–H groups in total. The Kier molecular flexibility index (Phi) is 11.7. The number of nitrogens with zero attached hydrogens (tertiary/aromatic N) is 1. The fraction of sp³-hybridized carbons (Fsp3) is 0.667. The maximum Gasteiger partial charge on any atom is 0.303 e. The standard InChI is InChI=1S/C15H25Cl2NO2/c1-13(5-3-6-15(19)20)7-8-14(2)18(12-10-17)11-4-9-16/h7-8H,3-6,9-12H2,1-2H3,(H,19,20)/b13-7+,14-8+. The van der Waals surface area contributed by atoms with E-state index in [1.54, 1.807) is 0 Å². The second-order valence-electron chi connectivity index (χ2n) is 4.79. The van der Waals surface area contributed by atoms with Gasteiger partial charge < -0.3 is 10.0 Å². The van der Waals surface area contributed by atoms with Gasteiger partial charge in [-0.1, -0.05) is 11.6 Å². The van der Waals surface area contributed by atoms with Gasteiger partial charge in [-0.2, -0.15) is 0 Å². The number of allylic oxidation sites excluding steroid dienone is 4. The lowest BCUT2D eigenvalue weighted by molar-refractivity contribution is -0.137. The van der Waals surface area contributed by atoms with E-state index in [4.69, 9.17) is 28.3 Å². The number of carboxylic acid groups (broad SMARTS) is 1. The van der Waals surface area contributed by atoms with Crippen LogP contribution in [0.1, 0.15) is 39.5 Å². The number of rotatable bonds is 11. The van der Waals surface area contributed by atoms with Gasteiger partial charge in [-0.05, 0) is 39.2 Å². The molecule has 0 aromatic heterocycles. The Morgan fingerprint density at radius 1 is 1.05 bits per heavy atom. The molecule has 0 saturated heterocycles. The van der Waals surface area contributed by atoms with E-state index in [1.807, 2.05) is 6.92 Å². The minimum atomic E-state index is -0.737. The minimum absolute atomic E-state index is 0.224. The molecule has 0 radical (unpaired) electrons. The number of hydrogen-bond donors (Lipinski definition) is 1. The fourth-order valence-electron chi connectivity index (χ4n) is 1.79. The number of alkyl halides is 2. The third-order valence-electron chi connectivity index (χ3n) is 2.99. The highest BCUT2D eigenvalue weighted by molar-refractivity contribution is 6.18. The first kappa shape index (κ1) is 19.3. The molecule has 0 unspecified atom stereocenters. The number of aliphatic carboxylic acids is 1. The van der Waals surface area contributed by atoms with Crippen LogP contribution in [0.25, 0.3) is 0 Å². The molecule has 0 aliphatic rings. The lowest BCUT2D eigenvalue weighted by Crippen LogP contribution is -2.25. The van der Waals surface area contributed by atoms with Gasteiger partial charge >= 0.3 is 5.97 Å². The molecule has 3 nitrogen and oxygen atoms in total. The average Bonchev–Trinajstić information content (AvgIpc) is 2.40. The van der Waals surface area contributed by atoms with Crippen LogP contribution in [-0.4, -0.2) is 40.8 Å². The van der Waals surface area contributed by atoms with Crippen molar-refractivity contribution in [3.63, 3.8) is 0 Å². The van der Waals surface area contributed by atoms with Crippen molar-refractivity contribution in [1.82, 2.24) is 4.90 Å². The van der Waals surface area contributed by atoms with Gasteiger partial charge in [-0.3, -0.25) is 4.79 Å². The molecule has 0 saturated carbocycles. The first-order valence-electron chi connectivity index (χ1n) is 6.94. The van der Waals surface area contributed by atoms with Gasteiger partial charge in [0.25, 0.3) is 0 Å². The van der Waals surface area contributed by atoms with E-state index < -0.39 is 5.97 Å². The monoisotopic (exact) mass is 321 g/mol. The molecule has 0 heterocycles. The zero-order valence-electron chi connectivity index (χ0n) is 12.4. The Balaban J connectivity index is 4.38. The van der Waals surface area contributed by atoms with E-state index in [0.29, 0.717) is 18.2 Å². The first-order chi connectivity index (χ1) is 9.51. The molecule has 0 aromatic rings. The van der Waals surface area contributed by atoms with Crippen molar-refractivity contribution in [3.8, 4) is 0 Å². The smallest absolute Gasteiger partial charge is 0.303 e. The average molecular weight is 322 g/mol. The van der Waals surface area contributed by atoms with Crippen LogP contribution in [-0.2, 0) is 4.79 Å².